The van der Waals surface area contributed by atoms with Crippen molar-refractivity contribution in [1.29, 1.82) is 0 Å². The van der Waals surface area contributed by atoms with E-state index >= 15 is 0 Å². The first-order valence-electron chi connectivity index (χ1n) is 7.10. The zero-order valence-electron chi connectivity index (χ0n) is 12.5. The summed E-state index contributed by atoms with van der Waals surface area (Å²) in [7, 11) is 1.75. The number of piperidine rings is 1. The van der Waals surface area contributed by atoms with Gasteiger partial charge in [0.1, 0.15) is 5.75 Å². The van der Waals surface area contributed by atoms with Crippen molar-refractivity contribution in [2.45, 2.75) is 39.7 Å². The fraction of sp³-hybridized carbons (Fsp3) is 0.529. The van der Waals surface area contributed by atoms with Gasteiger partial charge in [-0.3, -0.25) is 0 Å². The number of methoxy groups -OCH3 is 1. The highest BCUT2D eigenvalue weighted by molar-refractivity contribution is 5.35. The van der Waals surface area contributed by atoms with Crippen LogP contribution in [0.15, 0.2) is 35.9 Å². The van der Waals surface area contributed by atoms with E-state index in [-0.39, 0.29) is 5.41 Å². The molecule has 104 valence electrons. The Balaban J connectivity index is 2.22. The maximum absolute atomic E-state index is 5.47. The molecule has 1 aliphatic rings. The molecule has 0 bridgehead atoms. The predicted octanol–water partition coefficient (Wildman–Crippen LogP) is 3.57. The van der Waals surface area contributed by atoms with Crippen molar-refractivity contribution in [2.24, 2.45) is 5.41 Å². The third-order valence-corrected chi connectivity index (χ3v) is 4.45. The largest absolute Gasteiger partial charge is 0.496 e. The maximum atomic E-state index is 5.47. The van der Waals surface area contributed by atoms with Crippen molar-refractivity contribution in [3.63, 3.8) is 0 Å². The Kier molecular flexibility index (Phi) is 4.31. The van der Waals surface area contributed by atoms with E-state index in [1.54, 1.807) is 12.7 Å². The van der Waals surface area contributed by atoms with Crippen LogP contribution in [0.5, 0.6) is 5.75 Å². The van der Waals surface area contributed by atoms with Crippen molar-refractivity contribution in [3.05, 3.63) is 41.5 Å². The molecule has 1 fully saturated rings. The molecule has 0 aromatic heterocycles. The van der Waals surface area contributed by atoms with E-state index < -0.39 is 0 Å². The van der Waals surface area contributed by atoms with Crippen molar-refractivity contribution in [1.82, 2.24) is 5.32 Å². The van der Waals surface area contributed by atoms with Gasteiger partial charge in [-0.15, -0.1) is 0 Å². The molecule has 0 spiro atoms. The van der Waals surface area contributed by atoms with Gasteiger partial charge in [0, 0.05) is 11.5 Å². The van der Waals surface area contributed by atoms with E-state index in [2.05, 4.69) is 44.3 Å². The van der Waals surface area contributed by atoms with Crippen LogP contribution in [-0.4, -0.2) is 19.7 Å². The van der Waals surface area contributed by atoms with Crippen LogP contribution in [0.2, 0.25) is 0 Å². The quantitative estimate of drug-likeness (QED) is 0.838. The Morgan fingerprint density at radius 2 is 2.11 bits per heavy atom. The van der Waals surface area contributed by atoms with E-state index in [4.69, 9.17) is 4.74 Å². The van der Waals surface area contributed by atoms with Gasteiger partial charge in [0.2, 0.25) is 0 Å². The summed E-state index contributed by atoms with van der Waals surface area (Å²) in [6, 6.07) is 8.79. The van der Waals surface area contributed by atoms with Gasteiger partial charge in [0.05, 0.1) is 7.11 Å². The first-order chi connectivity index (χ1) is 9.09. The Hall–Kier alpha value is -1.28. The van der Waals surface area contributed by atoms with Gasteiger partial charge in [0.25, 0.3) is 0 Å². The summed E-state index contributed by atoms with van der Waals surface area (Å²) in [4.78, 5) is 0. The lowest BCUT2D eigenvalue weighted by Gasteiger charge is -2.42. The van der Waals surface area contributed by atoms with E-state index in [1.807, 2.05) is 12.1 Å². The molecule has 0 aliphatic carbocycles. The van der Waals surface area contributed by atoms with E-state index in [9.17, 15) is 0 Å². The van der Waals surface area contributed by atoms with E-state index in [1.165, 1.54) is 5.56 Å². The zero-order valence-corrected chi connectivity index (χ0v) is 12.5. The number of allylic oxidation sites excluding steroid dienone is 1. The van der Waals surface area contributed by atoms with Gasteiger partial charge in [0.15, 0.2) is 0 Å². The van der Waals surface area contributed by atoms with Gasteiger partial charge in [-0.1, -0.05) is 43.7 Å². The summed E-state index contributed by atoms with van der Waals surface area (Å²) >= 11 is 0. The summed E-state index contributed by atoms with van der Waals surface area (Å²) in [5.74, 6) is 0.993. The van der Waals surface area contributed by atoms with Crippen molar-refractivity contribution in [2.75, 3.05) is 13.7 Å². The summed E-state index contributed by atoms with van der Waals surface area (Å²) < 4.78 is 5.47. The van der Waals surface area contributed by atoms with Gasteiger partial charge < -0.3 is 10.1 Å². The molecule has 1 aromatic carbocycles. The van der Waals surface area contributed by atoms with Crippen LogP contribution >= 0.6 is 0 Å². The molecule has 19 heavy (non-hydrogen) atoms. The van der Waals surface area contributed by atoms with Gasteiger partial charge in [-0.25, -0.2) is 0 Å². The van der Waals surface area contributed by atoms with Gasteiger partial charge >= 0.3 is 0 Å². The zero-order chi connectivity index (χ0) is 13.9. The van der Waals surface area contributed by atoms with Crippen LogP contribution in [0.25, 0.3) is 0 Å². The fourth-order valence-electron chi connectivity index (χ4n) is 3.12. The molecule has 1 aromatic rings. The third kappa shape index (κ3) is 2.84. The van der Waals surface area contributed by atoms with Crippen LogP contribution in [0, 0.1) is 5.41 Å². The van der Waals surface area contributed by atoms with Crippen LogP contribution in [0.3, 0.4) is 0 Å². The number of rotatable bonds is 3. The van der Waals surface area contributed by atoms with E-state index in [0.717, 1.165) is 25.1 Å². The maximum Gasteiger partial charge on any atom is 0.122 e. The van der Waals surface area contributed by atoms with Crippen molar-refractivity contribution < 1.29 is 4.74 Å². The van der Waals surface area contributed by atoms with Crippen LogP contribution in [0.4, 0.5) is 0 Å². The van der Waals surface area contributed by atoms with E-state index in [0.29, 0.717) is 6.04 Å². The smallest absolute Gasteiger partial charge is 0.122 e. The summed E-state index contributed by atoms with van der Waals surface area (Å²) in [6.45, 7) is 7.91. The molecule has 2 rings (SSSR count). The minimum absolute atomic E-state index is 0.202. The molecule has 2 heteroatoms. The molecule has 1 unspecified atom stereocenters. The number of para-hydroxylation sites is 1. The average molecular weight is 259 g/mol. The molecule has 1 aliphatic heterocycles. The van der Waals surface area contributed by atoms with Gasteiger partial charge in [-0.05, 0) is 37.9 Å². The lowest BCUT2D eigenvalue weighted by Crippen LogP contribution is -2.49. The van der Waals surface area contributed by atoms with Crippen LogP contribution in [-0.2, 0) is 6.42 Å². The predicted molar refractivity (Wildman–Crippen MR) is 80.6 cm³/mol. The molecule has 1 heterocycles. The first kappa shape index (κ1) is 14.1. The number of hydrogen-bond acceptors (Lipinski definition) is 2. The summed E-state index contributed by atoms with van der Waals surface area (Å²) in [5.41, 5.74) is 3.05. The lowest BCUT2D eigenvalue weighted by molar-refractivity contribution is 0.248. The van der Waals surface area contributed by atoms with Crippen molar-refractivity contribution in [3.8, 4) is 5.75 Å². The molecule has 2 nitrogen and oxygen atoms in total. The monoisotopic (exact) mass is 259 g/mol. The normalized spacial score (nSPS) is 24.4. The summed E-state index contributed by atoms with van der Waals surface area (Å²) in [5, 5.41) is 3.68. The Morgan fingerprint density at radius 1 is 1.37 bits per heavy atom. The Bertz CT molecular complexity index is 462. The Labute approximate surface area is 116 Å². The third-order valence-electron chi connectivity index (χ3n) is 4.45. The fourth-order valence-corrected chi connectivity index (χ4v) is 3.12. The molecule has 1 atom stereocenters. The minimum Gasteiger partial charge on any atom is -0.496 e. The molecule has 0 saturated carbocycles. The number of benzene rings is 1. The molecular formula is C17H25NO. The second kappa shape index (κ2) is 5.79. The second-order valence-corrected chi connectivity index (χ2v) is 5.81. The highest BCUT2D eigenvalue weighted by Gasteiger charge is 2.35. The topological polar surface area (TPSA) is 21.3 Å². The highest BCUT2D eigenvalue weighted by Crippen LogP contribution is 2.37. The molecule has 0 amide bonds. The molecule has 1 N–H and O–H groups in total. The Morgan fingerprint density at radius 3 is 2.79 bits per heavy atom. The number of nitrogens with one attached hydrogen (secondary N) is 1. The lowest BCUT2D eigenvalue weighted by atomic mass is 9.71. The molecule has 1 saturated heterocycles. The minimum atomic E-state index is 0.202. The van der Waals surface area contributed by atoms with Gasteiger partial charge in [-0.2, -0.15) is 0 Å². The average Bonchev–Trinajstić information content (AvgIpc) is 2.41. The number of ether oxygens (including phenoxy) is 1. The van der Waals surface area contributed by atoms with Crippen LogP contribution in [0.1, 0.15) is 32.8 Å². The molecule has 0 radical (unpaired) electrons. The number of hydrogen-bond donors (Lipinski definition) is 1. The second-order valence-electron chi connectivity index (χ2n) is 5.81. The molecular weight excluding hydrogens is 234 g/mol. The standard InChI is InChI=1S/C17H25NO/c1-5-14-10-11-18-16(17(14,2)3)12-13-8-6-7-9-15(13)19-4/h5-9,16,18H,10-12H2,1-4H3/b14-5+. The SMILES string of the molecule is C/C=C1\CCNC(Cc2ccccc2OC)C1(C)C. The van der Waals surface area contributed by atoms with Crippen molar-refractivity contribution >= 4 is 0 Å². The highest BCUT2D eigenvalue weighted by atomic mass is 16.5. The summed E-state index contributed by atoms with van der Waals surface area (Å²) in [6.07, 6.45) is 4.45. The van der Waals surface area contributed by atoms with Crippen LogP contribution < -0.4 is 10.1 Å². The first-order valence-corrected chi connectivity index (χ1v) is 7.10.